The molecule has 0 aromatic heterocycles. The second-order valence-electron chi connectivity index (χ2n) is 7.57. The molecule has 7 heteroatoms. The molecular formula is C21H34N4O3. The van der Waals surface area contributed by atoms with E-state index in [1.807, 2.05) is 26.8 Å². The highest BCUT2D eigenvalue weighted by Gasteiger charge is 2.28. The van der Waals surface area contributed by atoms with Crippen molar-refractivity contribution >= 4 is 11.9 Å². The zero-order chi connectivity index (χ0) is 20.5. The van der Waals surface area contributed by atoms with Gasteiger partial charge in [0.15, 0.2) is 17.5 Å². The number of methoxy groups -OCH3 is 1. The van der Waals surface area contributed by atoms with Gasteiger partial charge in [-0.1, -0.05) is 12.5 Å². The van der Waals surface area contributed by atoms with Crippen LogP contribution in [0.4, 0.5) is 0 Å². The van der Waals surface area contributed by atoms with Gasteiger partial charge in [-0.25, -0.2) is 4.99 Å². The molecule has 1 fully saturated rings. The lowest BCUT2D eigenvalue weighted by molar-refractivity contribution is -0.126. The molecule has 0 spiro atoms. The summed E-state index contributed by atoms with van der Waals surface area (Å²) >= 11 is 0. The highest BCUT2D eigenvalue weighted by molar-refractivity contribution is 5.81. The molecule has 1 saturated carbocycles. The molecule has 2 rings (SSSR count). The highest BCUT2D eigenvalue weighted by atomic mass is 16.5. The second-order valence-corrected chi connectivity index (χ2v) is 7.57. The number of amides is 1. The predicted octanol–water partition coefficient (Wildman–Crippen LogP) is 2.54. The lowest BCUT2D eigenvalue weighted by Crippen LogP contribution is -2.47. The van der Waals surface area contributed by atoms with Gasteiger partial charge in [-0.2, -0.15) is 0 Å². The van der Waals surface area contributed by atoms with Gasteiger partial charge in [0.1, 0.15) is 0 Å². The van der Waals surface area contributed by atoms with Crippen LogP contribution in [0.3, 0.4) is 0 Å². The molecule has 0 bridgehead atoms. The van der Waals surface area contributed by atoms with Gasteiger partial charge in [-0.15, -0.1) is 0 Å². The maximum Gasteiger partial charge on any atom is 0.223 e. The monoisotopic (exact) mass is 390 g/mol. The van der Waals surface area contributed by atoms with E-state index in [0.29, 0.717) is 12.3 Å². The number of guanidine groups is 1. The van der Waals surface area contributed by atoms with Crippen molar-refractivity contribution in [3.8, 4) is 11.5 Å². The van der Waals surface area contributed by atoms with Crippen molar-refractivity contribution in [1.82, 2.24) is 16.0 Å². The molecule has 28 heavy (non-hydrogen) atoms. The van der Waals surface area contributed by atoms with Crippen LogP contribution >= 0.6 is 0 Å². The number of carbonyl (C=O) groups excluding carboxylic acids is 1. The molecule has 2 unspecified atom stereocenters. The summed E-state index contributed by atoms with van der Waals surface area (Å²) in [6, 6.07) is 5.68. The minimum absolute atomic E-state index is 0.0510. The van der Waals surface area contributed by atoms with E-state index in [1.165, 1.54) is 7.11 Å². The van der Waals surface area contributed by atoms with Crippen LogP contribution in [0.15, 0.2) is 23.2 Å². The summed E-state index contributed by atoms with van der Waals surface area (Å²) in [7, 11) is 1.53. The Morgan fingerprint density at radius 2 is 2.14 bits per heavy atom. The van der Waals surface area contributed by atoms with Crippen LogP contribution in [0.1, 0.15) is 52.0 Å². The van der Waals surface area contributed by atoms with Crippen LogP contribution in [0.2, 0.25) is 0 Å². The quantitative estimate of drug-likeness (QED) is 0.424. The van der Waals surface area contributed by atoms with Crippen LogP contribution in [-0.4, -0.2) is 42.7 Å². The number of phenolic OH excluding ortho intramolecular Hbond substituents is 1. The molecule has 156 valence electrons. The fraction of sp³-hybridized carbons (Fsp3) is 0.619. The molecule has 1 aromatic rings. The van der Waals surface area contributed by atoms with Gasteiger partial charge in [0.05, 0.1) is 13.7 Å². The van der Waals surface area contributed by atoms with Crippen molar-refractivity contribution < 1.29 is 14.6 Å². The van der Waals surface area contributed by atoms with E-state index < -0.39 is 0 Å². The van der Waals surface area contributed by atoms with E-state index in [2.05, 4.69) is 20.9 Å². The highest BCUT2D eigenvalue weighted by Crippen LogP contribution is 2.27. The maximum atomic E-state index is 12.3. The summed E-state index contributed by atoms with van der Waals surface area (Å²) in [6.45, 7) is 7.20. The van der Waals surface area contributed by atoms with Crippen molar-refractivity contribution in [2.45, 2.75) is 65.1 Å². The second kappa shape index (κ2) is 10.8. The van der Waals surface area contributed by atoms with Gasteiger partial charge in [0.25, 0.3) is 0 Å². The minimum atomic E-state index is 0.0510. The maximum absolute atomic E-state index is 12.3. The van der Waals surface area contributed by atoms with E-state index in [1.54, 1.807) is 12.1 Å². The summed E-state index contributed by atoms with van der Waals surface area (Å²) < 4.78 is 5.07. The molecule has 2 atom stereocenters. The Hall–Kier alpha value is -2.44. The first-order chi connectivity index (χ1) is 13.4. The van der Waals surface area contributed by atoms with Gasteiger partial charge in [-0.3, -0.25) is 4.79 Å². The summed E-state index contributed by atoms with van der Waals surface area (Å²) in [6.07, 6.45) is 3.81. The average Bonchev–Trinajstić information content (AvgIpc) is 2.66. The summed E-state index contributed by atoms with van der Waals surface area (Å²) in [4.78, 5) is 17.0. The Bertz CT molecular complexity index is 676. The van der Waals surface area contributed by atoms with E-state index in [-0.39, 0.29) is 29.7 Å². The molecule has 0 heterocycles. The minimum Gasteiger partial charge on any atom is -0.504 e. The lowest BCUT2D eigenvalue weighted by Gasteiger charge is -2.30. The molecule has 1 aliphatic rings. The van der Waals surface area contributed by atoms with Crippen LogP contribution in [0.5, 0.6) is 11.5 Å². The van der Waals surface area contributed by atoms with Crippen molar-refractivity contribution in [3.05, 3.63) is 23.8 Å². The lowest BCUT2D eigenvalue weighted by atomic mass is 9.85. The number of carbonyl (C=O) groups is 1. The third kappa shape index (κ3) is 6.62. The number of aromatic hydroxyl groups is 1. The number of nitrogens with zero attached hydrogens (tertiary/aromatic N) is 1. The first-order valence-electron chi connectivity index (χ1n) is 10.1. The fourth-order valence-electron chi connectivity index (χ4n) is 3.48. The van der Waals surface area contributed by atoms with Gasteiger partial charge in [0, 0.05) is 24.5 Å². The molecule has 0 saturated heterocycles. The van der Waals surface area contributed by atoms with E-state index in [0.717, 1.165) is 43.8 Å². The predicted molar refractivity (Wildman–Crippen MR) is 112 cm³/mol. The standard InChI is InChI=1S/C21H34N4O3/c1-5-22-21(23-13-15-9-10-19(28-4)18(26)11-15)25-17-8-6-7-16(12-17)20(27)24-14(2)3/h9-11,14,16-17,26H,5-8,12-13H2,1-4H3,(H,24,27)(H2,22,23,25). The number of hydrogen-bond donors (Lipinski definition) is 4. The smallest absolute Gasteiger partial charge is 0.223 e. The van der Waals surface area contributed by atoms with Gasteiger partial charge in [0.2, 0.25) is 5.91 Å². The van der Waals surface area contributed by atoms with Crippen LogP contribution < -0.4 is 20.7 Å². The third-order valence-corrected chi connectivity index (χ3v) is 4.82. The zero-order valence-electron chi connectivity index (χ0n) is 17.4. The molecule has 7 nitrogen and oxygen atoms in total. The van der Waals surface area contributed by atoms with Gasteiger partial charge in [-0.05, 0) is 57.7 Å². The van der Waals surface area contributed by atoms with Crippen molar-refractivity contribution in [2.75, 3.05) is 13.7 Å². The topological polar surface area (TPSA) is 95.0 Å². The van der Waals surface area contributed by atoms with E-state index >= 15 is 0 Å². The number of aliphatic imine (C=N–C) groups is 1. The normalized spacial score (nSPS) is 20.0. The first-order valence-corrected chi connectivity index (χ1v) is 10.1. The van der Waals surface area contributed by atoms with Crippen LogP contribution in [0, 0.1) is 5.92 Å². The van der Waals surface area contributed by atoms with E-state index in [9.17, 15) is 9.90 Å². The van der Waals surface area contributed by atoms with Crippen molar-refractivity contribution in [1.29, 1.82) is 0 Å². The number of benzene rings is 1. The molecular weight excluding hydrogens is 356 g/mol. The molecule has 1 aliphatic carbocycles. The zero-order valence-corrected chi connectivity index (χ0v) is 17.4. The molecule has 4 N–H and O–H groups in total. The molecule has 0 aliphatic heterocycles. The van der Waals surface area contributed by atoms with Crippen LogP contribution in [0.25, 0.3) is 0 Å². The first kappa shape index (κ1) is 21.9. The van der Waals surface area contributed by atoms with Gasteiger partial charge < -0.3 is 25.8 Å². The SMILES string of the molecule is CCNC(=NCc1ccc(OC)c(O)c1)NC1CCCC(C(=O)NC(C)C)C1. The van der Waals surface area contributed by atoms with Crippen molar-refractivity contribution in [2.24, 2.45) is 10.9 Å². The average molecular weight is 391 g/mol. The summed E-state index contributed by atoms with van der Waals surface area (Å²) in [5, 5.41) is 19.7. The Labute approximate surface area is 168 Å². The number of rotatable bonds is 7. The molecule has 0 radical (unpaired) electrons. The number of ether oxygens (including phenoxy) is 1. The summed E-state index contributed by atoms with van der Waals surface area (Å²) in [5.41, 5.74) is 0.897. The van der Waals surface area contributed by atoms with E-state index in [4.69, 9.17) is 4.74 Å². The Balaban J connectivity index is 1.98. The number of hydrogen-bond acceptors (Lipinski definition) is 4. The van der Waals surface area contributed by atoms with Gasteiger partial charge >= 0.3 is 0 Å². The Morgan fingerprint density at radius 1 is 1.36 bits per heavy atom. The van der Waals surface area contributed by atoms with Crippen LogP contribution in [-0.2, 0) is 11.3 Å². The fourth-order valence-corrected chi connectivity index (χ4v) is 3.48. The Kier molecular flexibility index (Phi) is 8.42. The number of phenols is 1. The molecule has 1 amide bonds. The third-order valence-electron chi connectivity index (χ3n) is 4.82. The largest absolute Gasteiger partial charge is 0.504 e. The molecule has 1 aromatic carbocycles. The van der Waals surface area contributed by atoms with Crippen molar-refractivity contribution in [3.63, 3.8) is 0 Å². The number of nitrogens with one attached hydrogen (secondary N) is 3. The summed E-state index contributed by atoms with van der Waals surface area (Å²) in [5.74, 6) is 1.49. The Morgan fingerprint density at radius 3 is 2.79 bits per heavy atom.